The molecule has 1 aromatic carbocycles. The molecule has 2 aromatic heterocycles. The van der Waals surface area contributed by atoms with Crippen molar-refractivity contribution in [2.24, 2.45) is 10.7 Å². The lowest BCUT2D eigenvalue weighted by atomic mass is 9.76. The predicted octanol–water partition coefficient (Wildman–Crippen LogP) is 4.27. The first-order valence-electron chi connectivity index (χ1n) is 10.7. The Balaban J connectivity index is 1.81. The van der Waals surface area contributed by atoms with E-state index in [4.69, 9.17) is 10.7 Å². The summed E-state index contributed by atoms with van der Waals surface area (Å²) in [7, 11) is 1.62. The Kier molecular flexibility index (Phi) is 5.72. The molecule has 0 fully saturated rings. The van der Waals surface area contributed by atoms with E-state index in [1.54, 1.807) is 19.3 Å². The van der Waals surface area contributed by atoms with Crippen LogP contribution in [0.1, 0.15) is 48.3 Å². The number of aromatic nitrogens is 1. The van der Waals surface area contributed by atoms with E-state index >= 15 is 0 Å². The number of hydrogen-bond donors (Lipinski definition) is 1. The number of nitrogens with two attached hydrogens (primary N) is 1. The molecule has 34 heavy (non-hydrogen) atoms. The Morgan fingerprint density at radius 2 is 1.85 bits per heavy atom. The second kappa shape index (κ2) is 8.40. The molecule has 2 N–H and O–H groups in total. The van der Waals surface area contributed by atoms with Crippen LogP contribution in [0.5, 0.6) is 0 Å². The van der Waals surface area contributed by atoms with Crippen LogP contribution in [-0.2, 0) is 15.7 Å². The minimum Gasteiger partial charge on any atom is -0.369 e. The molecule has 0 saturated heterocycles. The number of carbonyl (C=O) groups is 1. The van der Waals surface area contributed by atoms with Crippen LogP contribution in [0.4, 0.5) is 0 Å². The zero-order valence-electron chi connectivity index (χ0n) is 19.4. The maximum Gasteiger partial charge on any atom is 0.239 e. The SMILES string of the molecule is CN1C(=O)C(c2ccc(C(C)(C)C#N)cc2)[C@@](C)(c2cc(-c3cncc(C#N)c3)cs2)N=C1N. The van der Waals surface area contributed by atoms with Crippen LogP contribution in [0, 0.1) is 22.7 Å². The molecule has 0 aliphatic carbocycles. The quantitative estimate of drug-likeness (QED) is 0.613. The minimum absolute atomic E-state index is 0.148. The topological polar surface area (TPSA) is 119 Å². The van der Waals surface area contributed by atoms with Gasteiger partial charge in [0, 0.05) is 29.9 Å². The largest absolute Gasteiger partial charge is 0.369 e. The molecule has 0 saturated carbocycles. The number of benzene rings is 1. The molecule has 4 rings (SSSR count). The normalized spacial score (nSPS) is 20.4. The van der Waals surface area contributed by atoms with Gasteiger partial charge in [0.05, 0.1) is 23.0 Å². The summed E-state index contributed by atoms with van der Waals surface area (Å²) in [6.45, 7) is 5.64. The Labute approximate surface area is 202 Å². The molecule has 0 radical (unpaired) electrons. The van der Waals surface area contributed by atoms with Crippen molar-refractivity contribution in [3.63, 3.8) is 0 Å². The number of amides is 1. The number of nitrogens with zero attached hydrogens (tertiary/aromatic N) is 5. The van der Waals surface area contributed by atoms with Crippen LogP contribution >= 0.6 is 11.3 Å². The summed E-state index contributed by atoms with van der Waals surface area (Å²) in [5, 5.41) is 20.7. The first-order valence-corrected chi connectivity index (χ1v) is 11.6. The third-order valence-corrected chi connectivity index (χ3v) is 7.53. The first kappa shape index (κ1) is 23.2. The summed E-state index contributed by atoms with van der Waals surface area (Å²) in [4.78, 5) is 24.7. The van der Waals surface area contributed by atoms with E-state index in [1.165, 1.54) is 22.4 Å². The van der Waals surface area contributed by atoms with Gasteiger partial charge < -0.3 is 5.73 Å². The smallest absolute Gasteiger partial charge is 0.239 e. The van der Waals surface area contributed by atoms with Crippen molar-refractivity contribution < 1.29 is 4.79 Å². The fourth-order valence-electron chi connectivity index (χ4n) is 4.16. The van der Waals surface area contributed by atoms with Crippen molar-refractivity contribution >= 4 is 23.2 Å². The Hall–Kier alpha value is -4.01. The van der Waals surface area contributed by atoms with E-state index in [0.717, 1.165) is 27.1 Å². The highest BCUT2D eigenvalue weighted by Gasteiger charge is 2.48. The van der Waals surface area contributed by atoms with Gasteiger partial charge >= 0.3 is 0 Å². The summed E-state index contributed by atoms with van der Waals surface area (Å²) in [6, 6.07) is 15.8. The molecular weight excluding hydrogens is 444 g/mol. The van der Waals surface area contributed by atoms with Crippen molar-refractivity contribution in [3.05, 3.63) is 75.7 Å². The van der Waals surface area contributed by atoms with Crippen molar-refractivity contribution in [2.45, 2.75) is 37.6 Å². The molecule has 170 valence electrons. The molecule has 0 bridgehead atoms. The second-order valence-corrected chi connectivity index (χ2v) is 9.99. The Bertz CT molecular complexity index is 1380. The van der Waals surface area contributed by atoms with Crippen LogP contribution in [-0.4, -0.2) is 28.8 Å². The van der Waals surface area contributed by atoms with Gasteiger partial charge in [-0.25, -0.2) is 4.99 Å². The number of hydrogen-bond acceptors (Lipinski definition) is 7. The molecule has 0 spiro atoms. The van der Waals surface area contributed by atoms with E-state index < -0.39 is 16.9 Å². The van der Waals surface area contributed by atoms with Crippen molar-refractivity contribution in [3.8, 4) is 23.3 Å². The summed E-state index contributed by atoms with van der Waals surface area (Å²) in [5.41, 5.74) is 8.47. The molecule has 7 nitrogen and oxygen atoms in total. The molecule has 1 aliphatic rings. The number of pyridine rings is 1. The average molecular weight is 469 g/mol. The van der Waals surface area contributed by atoms with E-state index in [9.17, 15) is 15.3 Å². The summed E-state index contributed by atoms with van der Waals surface area (Å²) in [6.07, 6.45) is 3.23. The standard InChI is InChI=1S/C26H24N6OS/c1-25(2,15-28)20-7-5-17(6-8-20)22-23(33)32(4)24(29)31-26(22,3)21-10-19(14-34-21)18-9-16(11-27)12-30-13-18/h5-10,12-14,22H,1-4H3,(H2,29,31)/t22?,26-/m1/s1. The number of rotatable bonds is 4. The van der Waals surface area contributed by atoms with Crippen LogP contribution in [0.2, 0.25) is 0 Å². The second-order valence-electron chi connectivity index (χ2n) is 9.08. The van der Waals surface area contributed by atoms with Gasteiger partial charge in [0.2, 0.25) is 5.91 Å². The first-order chi connectivity index (χ1) is 16.1. The predicted molar refractivity (Wildman–Crippen MR) is 132 cm³/mol. The molecule has 3 heterocycles. The van der Waals surface area contributed by atoms with Gasteiger partial charge in [-0.3, -0.25) is 14.7 Å². The zero-order chi connectivity index (χ0) is 24.7. The van der Waals surface area contributed by atoms with E-state index in [2.05, 4.69) is 17.1 Å². The van der Waals surface area contributed by atoms with Gasteiger partial charge in [-0.05, 0) is 55.0 Å². The lowest BCUT2D eigenvalue weighted by molar-refractivity contribution is -0.130. The maximum absolute atomic E-state index is 13.5. The molecule has 1 unspecified atom stereocenters. The summed E-state index contributed by atoms with van der Waals surface area (Å²) in [5.74, 6) is -0.585. The zero-order valence-corrected chi connectivity index (χ0v) is 20.2. The Morgan fingerprint density at radius 3 is 2.50 bits per heavy atom. The lowest BCUT2D eigenvalue weighted by Crippen LogP contribution is -2.52. The highest BCUT2D eigenvalue weighted by molar-refractivity contribution is 7.10. The van der Waals surface area contributed by atoms with E-state index in [1.807, 2.05) is 56.5 Å². The van der Waals surface area contributed by atoms with E-state index in [0.29, 0.717) is 5.56 Å². The minimum atomic E-state index is -0.927. The number of likely N-dealkylation sites (N-methyl/N-ethyl adjacent to an activating group) is 1. The van der Waals surface area contributed by atoms with Crippen LogP contribution in [0.3, 0.4) is 0 Å². The van der Waals surface area contributed by atoms with E-state index in [-0.39, 0.29) is 11.9 Å². The molecule has 3 aromatic rings. The van der Waals surface area contributed by atoms with Gasteiger partial charge in [0.15, 0.2) is 5.96 Å². The van der Waals surface area contributed by atoms with Crippen LogP contribution < -0.4 is 5.73 Å². The molecule has 2 atom stereocenters. The van der Waals surface area contributed by atoms with Crippen molar-refractivity contribution in [2.75, 3.05) is 7.05 Å². The number of thiophene rings is 1. The maximum atomic E-state index is 13.5. The third kappa shape index (κ3) is 3.83. The number of aliphatic imine (C=N–C) groups is 1. The average Bonchev–Trinajstić information content (AvgIpc) is 3.34. The van der Waals surface area contributed by atoms with Gasteiger partial charge in [0.1, 0.15) is 11.6 Å². The molecule has 1 amide bonds. The van der Waals surface area contributed by atoms with Crippen molar-refractivity contribution in [1.29, 1.82) is 10.5 Å². The van der Waals surface area contributed by atoms with Crippen molar-refractivity contribution in [1.82, 2.24) is 9.88 Å². The highest BCUT2D eigenvalue weighted by atomic mass is 32.1. The van der Waals surface area contributed by atoms with Gasteiger partial charge in [0.25, 0.3) is 0 Å². The molecular formula is C26H24N6OS. The fourth-order valence-corrected chi connectivity index (χ4v) is 5.21. The van der Waals surface area contributed by atoms with Crippen LogP contribution in [0.15, 0.2) is 59.2 Å². The third-order valence-electron chi connectivity index (χ3n) is 6.37. The van der Waals surface area contributed by atoms with Gasteiger partial charge in [-0.1, -0.05) is 24.3 Å². The summed E-state index contributed by atoms with van der Waals surface area (Å²) < 4.78 is 0. The molecule has 1 aliphatic heterocycles. The monoisotopic (exact) mass is 468 g/mol. The van der Waals surface area contributed by atoms with Gasteiger partial charge in [-0.15, -0.1) is 11.3 Å². The van der Waals surface area contributed by atoms with Gasteiger partial charge in [-0.2, -0.15) is 10.5 Å². The van der Waals surface area contributed by atoms with Crippen LogP contribution in [0.25, 0.3) is 11.1 Å². The lowest BCUT2D eigenvalue weighted by Gasteiger charge is -2.40. The number of carbonyl (C=O) groups excluding carboxylic acids is 1. The number of nitriles is 2. The highest BCUT2D eigenvalue weighted by Crippen LogP contribution is 2.47. The summed E-state index contributed by atoms with van der Waals surface area (Å²) >= 11 is 1.49. The Morgan fingerprint density at radius 1 is 1.15 bits per heavy atom. The molecule has 8 heteroatoms. The number of guanidine groups is 1. The fraction of sp³-hybridized carbons (Fsp3) is 0.269.